The number of halogens is 4. The molecule has 0 N–H and O–H groups in total. The van der Waals surface area contributed by atoms with E-state index in [1.165, 1.54) is 6.42 Å². The second kappa shape index (κ2) is 9.45. The molecule has 4 rings (SSSR count). The highest BCUT2D eigenvalue weighted by Gasteiger charge is 2.61. The van der Waals surface area contributed by atoms with Crippen molar-refractivity contribution in [2.75, 3.05) is 13.2 Å². The average Bonchev–Trinajstić information content (AvgIpc) is 2.71. The van der Waals surface area contributed by atoms with Gasteiger partial charge in [-0.15, -0.1) is 0 Å². The fourth-order valence-corrected chi connectivity index (χ4v) is 6.64. The fraction of sp³-hybridized carbons (Fsp3) is 0.864. The Hall–Kier alpha value is -1.20. The second-order valence-corrected chi connectivity index (χ2v) is 11.2. The zero-order chi connectivity index (χ0) is 24.7. The predicted molar refractivity (Wildman–Crippen MR) is 110 cm³/mol. The lowest BCUT2D eigenvalue weighted by Gasteiger charge is -2.60. The van der Waals surface area contributed by atoms with Gasteiger partial charge in [0.1, 0.15) is 5.60 Å². The van der Waals surface area contributed by atoms with Crippen LogP contribution in [0.25, 0.3) is 0 Å². The number of unbranched alkanes of at least 4 members (excludes halogenated alkanes) is 1. The summed E-state index contributed by atoms with van der Waals surface area (Å²) in [5, 5.41) is -5.67. The molecule has 4 bridgehead atoms. The van der Waals surface area contributed by atoms with Crippen molar-refractivity contribution in [3.05, 3.63) is 12.2 Å². The van der Waals surface area contributed by atoms with E-state index in [2.05, 4.69) is 6.58 Å². The van der Waals surface area contributed by atoms with Crippen LogP contribution in [0.15, 0.2) is 12.2 Å². The lowest BCUT2D eigenvalue weighted by molar-refractivity contribution is -0.207. The zero-order valence-electron chi connectivity index (χ0n) is 18.7. The summed E-state index contributed by atoms with van der Waals surface area (Å²) in [6.07, 6.45) is 4.23. The Labute approximate surface area is 191 Å². The van der Waals surface area contributed by atoms with Crippen LogP contribution in [0.1, 0.15) is 64.7 Å². The van der Waals surface area contributed by atoms with Crippen molar-refractivity contribution in [3.63, 3.8) is 0 Å². The third-order valence-electron chi connectivity index (χ3n) is 7.69. The van der Waals surface area contributed by atoms with Gasteiger partial charge in [-0.05, 0) is 75.0 Å². The Morgan fingerprint density at radius 2 is 1.61 bits per heavy atom. The molecule has 4 fully saturated rings. The van der Waals surface area contributed by atoms with Gasteiger partial charge in [0.15, 0.2) is 10.1 Å². The maximum atomic E-state index is 13.4. The van der Waals surface area contributed by atoms with Gasteiger partial charge in [0, 0.05) is 13.0 Å². The number of alkyl halides is 4. The Balaban J connectivity index is 1.41. The second-order valence-electron chi connectivity index (χ2n) is 9.79. The highest BCUT2D eigenvalue weighted by atomic mass is 32.2. The Morgan fingerprint density at radius 3 is 2.09 bits per heavy atom. The molecule has 4 saturated carbocycles. The minimum Gasteiger partial charge on any atom is -0.743 e. The first-order valence-corrected chi connectivity index (χ1v) is 12.8. The van der Waals surface area contributed by atoms with Gasteiger partial charge in [-0.2, -0.15) is 17.6 Å². The smallest absolute Gasteiger partial charge is 0.396 e. The van der Waals surface area contributed by atoms with Crippen LogP contribution in [0.5, 0.6) is 0 Å². The fourth-order valence-electron chi connectivity index (χ4n) is 6.18. The molecule has 4 aliphatic rings. The molecule has 0 aliphatic heterocycles. The van der Waals surface area contributed by atoms with Crippen LogP contribution in [-0.2, 0) is 24.4 Å². The lowest BCUT2D eigenvalue weighted by Crippen LogP contribution is -2.59. The first kappa shape index (κ1) is 26.4. The van der Waals surface area contributed by atoms with Crippen LogP contribution >= 0.6 is 0 Å². The summed E-state index contributed by atoms with van der Waals surface area (Å²) >= 11 is 0. The summed E-state index contributed by atoms with van der Waals surface area (Å²) < 4.78 is 95.4. The van der Waals surface area contributed by atoms with Crippen LogP contribution in [-0.4, -0.2) is 48.9 Å². The third-order valence-corrected chi connectivity index (χ3v) is 8.62. The van der Waals surface area contributed by atoms with Crippen molar-refractivity contribution in [1.82, 2.24) is 0 Å². The van der Waals surface area contributed by atoms with E-state index in [9.17, 15) is 35.3 Å². The summed E-state index contributed by atoms with van der Waals surface area (Å²) in [6.45, 7) is 5.41. The van der Waals surface area contributed by atoms with E-state index >= 15 is 0 Å². The van der Waals surface area contributed by atoms with Gasteiger partial charge in [0.05, 0.1) is 12.2 Å². The van der Waals surface area contributed by atoms with E-state index in [-0.39, 0.29) is 25.2 Å². The molecule has 0 aromatic carbocycles. The summed E-state index contributed by atoms with van der Waals surface area (Å²) in [5.74, 6) is -3.37. The number of rotatable bonds is 12. The molecule has 0 heterocycles. The molecule has 0 atom stereocenters. The Kier molecular flexibility index (Phi) is 7.56. The van der Waals surface area contributed by atoms with Crippen LogP contribution in [0.2, 0.25) is 0 Å². The predicted octanol–water partition coefficient (Wildman–Crippen LogP) is 4.65. The molecule has 4 aliphatic carbocycles. The van der Waals surface area contributed by atoms with E-state index < -0.39 is 45.7 Å². The third kappa shape index (κ3) is 5.10. The van der Waals surface area contributed by atoms with Crippen molar-refractivity contribution in [2.45, 2.75) is 81.5 Å². The number of esters is 1. The maximum absolute atomic E-state index is 13.4. The van der Waals surface area contributed by atoms with E-state index in [0.717, 1.165) is 43.9 Å². The number of carbonyl (C=O) groups excluding carboxylic acids is 1. The van der Waals surface area contributed by atoms with Crippen molar-refractivity contribution in [3.8, 4) is 0 Å². The standard InChI is InChI=1S/C22H32F4O6S/c1-3-20(17-9-15-8-16(11-17)12-18(20)10-15)32-19(27)14(2)13-31-7-5-4-6-21(23,24)22(25,26)33(28,29)30/h15-18H,2-13H2,1H3,(H,28,29,30)/p-1. The Morgan fingerprint density at radius 1 is 1.06 bits per heavy atom. The van der Waals surface area contributed by atoms with Gasteiger partial charge in [-0.1, -0.05) is 13.5 Å². The molecule has 0 amide bonds. The van der Waals surface area contributed by atoms with Crippen LogP contribution in [0.3, 0.4) is 0 Å². The van der Waals surface area contributed by atoms with Crippen molar-refractivity contribution in [2.24, 2.45) is 23.7 Å². The first-order valence-electron chi connectivity index (χ1n) is 11.4. The van der Waals surface area contributed by atoms with Crippen molar-refractivity contribution < 1.29 is 44.8 Å². The number of carbonyl (C=O) groups is 1. The topological polar surface area (TPSA) is 92.7 Å². The van der Waals surface area contributed by atoms with Gasteiger partial charge >= 0.3 is 17.1 Å². The minimum absolute atomic E-state index is 0.0888. The molecule has 190 valence electrons. The summed E-state index contributed by atoms with van der Waals surface area (Å²) in [7, 11) is -6.48. The normalized spacial score (nSPS) is 31.6. The Bertz CT molecular complexity index is 829. The van der Waals surface area contributed by atoms with E-state index in [4.69, 9.17) is 9.47 Å². The summed E-state index contributed by atoms with van der Waals surface area (Å²) in [6, 6.07) is 0. The van der Waals surface area contributed by atoms with Crippen molar-refractivity contribution >= 4 is 16.1 Å². The summed E-state index contributed by atoms with van der Waals surface area (Å²) in [4.78, 5) is 12.7. The summed E-state index contributed by atoms with van der Waals surface area (Å²) in [5.41, 5.74) is -0.391. The van der Waals surface area contributed by atoms with Gasteiger partial charge in [0.25, 0.3) is 0 Å². The van der Waals surface area contributed by atoms with Gasteiger partial charge < -0.3 is 14.0 Å². The molecule has 0 radical (unpaired) electrons. The van der Waals surface area contributed by atoms with Gasteiger partial charge in [0.2, 0.25) is 0 Å². The van der Waals surface area contributed by atoms with E-state index in [1.54, 1.807) is 0 Å². The molecular weight excluding hydrogens is 468 g/mol. The van der Waals surface area contributed by atoms with Crippen LogP contribution in [0.4, 0.5) is 17.6 Å². The molecule has 0 aromatic rings. The van der Waals surface area contributed by atoms with Gasteiger partial charge in [-0.25, -0.2) is 13.2 Å². The molecular formula is C22H31F4O6S-. The van der Waals surface area contributed by atoms with E-state index in [0.29, 0.717) is 11.8 Å². The van der Waals surface area contributed by atoms with E-state index in [1.807, 2.05) is 6.92 Å². The van der Waals surface area contributed by atoms with Crippen LogP contribution < -0.4 is 0 Å². The minimum atomic E-state index is -6.48. The molecule has 0 unspecified atom stereocenters. The quantitative estimate of drug-likeness (QED) is 0.128. The lowest BCUT2D eigenvalue weighted by atomic mass is 9.49. The first-order chi connectivity index (χ1) is 15.2. The number of hydrogen-bond donors (Lipinski definition) is 0. The maximum Gasteiger partial charge on any atom is 0.396 e. The highest BCUT2D eigenvalue weighted by Crippen LogP contribution is 2.60. The van der Waals surface area contributed by atoms with Crippen LogP contribution in [0, 0.1) is 23.7 Å². The van der Waals surface area contributed by atoms with Gasteiger partial charge in [-0.3, -0.25) is 0 Å². The number of hydrogen-bond acceptors (Lipinski definition) is 6. The highest BCUT2D eigenvalue weighted by molar-refractivity contribution is 7.86. The molecule has 33 heavy (non-hydrogen) atoms. The largest absolute Gasteiger partial charge is 0.743 e. The molecule has 6 nitrogen and oxygen atoms in total. The monoisotopic (exact) mass is 499 g/mol. The number of ether oxygens (including phenoxy) is 2. The zero-order valence-corrected chi connectivity index (χ0v) is 19.5. The molecule has 0 spiro atoms. The molecule has 0 aromatic heterocycles. The SMILES string of the molecule is C=C(COCCCCC(F)(F)C(F)(F)S(=O)(=O)[O-])C(=O)OC1(CC)C2CC3CC(C2)CC1C3. The molecule has 11 heteroatoms. The molecule has 0 saturated heterocycles. The average molecular weight is 500 g/mol. The van der Waals surface area contributed by atoms with Crippen molar-refractivity contribution in [1.29, 1.82) is 0 Å².